The van der Waals surface area contributed by atoms with Gasteiger partial charge >= 0.3 is 6.03 Å². The molecule has 0 radical (unpaired) electrons. The molecule has 6 heteroatoms. The molecule has 22 heavy (non-hydrogen) atoms. The maximum Gasteiger partial charge on any atom is 0.315 e. The van der Waals surface area contributed by atoms with Crippen LogP contribution < -0.4 is 24.8 Å². The quantitative estimate of drug-likeness (QED) is 0.820. The number of hydrogen-bond donors (Lipinski definition) is 2. The van der Waals surface area contributed by atoms with Gasteiger partial charge in [-0.05, 0) is 25.0 Å². The second kappa shape index (κ2) is 7.24. The topological polar surface area (TPSA) is 68.8 Å². The van der Waals surface area contributed by atoms with Crippen LogP contribution in [-0.4, -0.2) is 32.0 Å². The van der Waals surface area contributed by atoms with Crippen LogP contribution in [0.15, 0.2) is 18.2 Å². The molecular formula is C16H22N2O4. The highest BCUT2D eigenvalue weighted by molar-refractivity contribution is 5.74. The summed E-state index contributed by atoms with van der Waals surface area (Å²) in [5.74, 6) is 2.14. The lowest BCUT2D eigenvalue weighted by Gasteiger charge is -2.22. The number of carbonyl (C=O) groups excluding carboxylic acids is 1. The highest BCUT2D eigenvalue weighted by Gasteiger charge is 2.15. The van der Waals surface area contributed by atoms with Gasteiger partial charge in [-0.2, -0.15) is 0 Å². The van der Waals surface area contributed by atoms with E-state index in [1.165, 1.54) is 19.3 Å². The van der Waals surface area contributed by atoms with E-state index < -0.39 is 0 Å². The third-order valence-electron chi connectivity index (χ3n) is 3.94. The van der Waals surface area contributed by atoms with E-state index in [1.54, 1.807) is 6.07 Å². The number of fused-ring (bicyclic) bond motifs is 1. The number of benzene rings is 1. The normalized spacial score (nSPS) is 17.1. The van der Waals surface area contributed by atoms with Gasteiger partial charge in [-0.25, -0.2) is 4.79 Å². The molecule has 2 aliphatic rings. The van der Waals surface area contributed by atoms with Crippen LogP contribution in [0.2, 0.25) is 0 Å². The van der Waals surface area contributed by atoms with Crippen LogP contribution in [0, 0.1) is 0 Å². The van der Waals surface area contributed by atoms with E-state index in [0.717, 1.165) is 18.6 Å². The number of urea groups is 1. The number of amides is 2. The minimum atomic E-state index is -0.110. The van der Waals surface area contributed by atoms with Crippen molar-refractivity contribution in [2.75, 3.05) is 19.9 Å². The van der Waals surface area contributed by atoms with Crippen molar-refractivity contribution in [2.45, 2.75) is 38.1 Å². The molecule has 0 unspecified atom stereocenters. The molecule has 1 aromatic rings. The zero-order valence-corrected chi connectivity index (χ0v) is 12.6. The highest BCUT2D eigenvalue weighted by Crippen LogP contribution is 2.34. The Labute approximate surface area is 130 Å². The van der Waals surface area contributed by atoms with E-state index in [2.05, 4.69) is 10.6 Å². The van der Waals surface area contributed by atoms with E-state index in [0.29, 0.717) is 30.7 Å². The molecule has 1 fully saturated rings. The Bertz CT molecular complexity index is 515. The zero-order chi connectivity index (χ0) is 15.2. The highest BCUT2D eigenvalue weighted by atomic mass is 16.7. The molecule has 1 heterocycles. The van der Waals surface area contributed by atoms with Crippen LogP contribution in [0.4, 0.5) is 4.79 Å². The maximum absolute atomic E-state index is 11.8. The number of rotatable bonds is 5. The van der Waals surface area contributed by atoms with Crippen molar-refractivity contribution in [3.8, 4) is 17.2 Å². The Morgan fingerprint density at radius 1 is 1.18 bits per heavy atom. The summed E-state index contributed by atoms with van der Waals surface area (Å²) in [5, 5.41) is 5.83. The van der Waals surface area contributed by atoms with Crippen molar-refractivity contribution in [2.24, 2.45) is 0 Å². The molecule has 6 nitrogen and oxygen atoms in total. The van der Waals surface area contributed by atoms with Crippen LogP contribution in [-0.2, 0) is 0 Å². The Kier molecular flexibility index (Phi) is 4.88. The third kappa shape index (κ3) is 3.96. The summed E-state index contributed by atoms with van der Waals surface area (Å²) < 4.78 is 16.1. The molecule has 0 bridgehead atoms. The summed E-state index contributed by atoms with van der Waals surface area (Å²) in [6.07, 6.45) is 5.86. The fourth-order valence-corrected chi connectivity index (χ4v) is 2.78. The molecule has 2 amide bonds. The van der Waals surface area contributed by atoms with Crippen LogP contribution in [0.1, 0.15) is 32.1 Å². The van der Waals surface area contributed by atoms with Crippen LogP contribution in [0.25, 0.3) is 0 Å². The monoisotopic (exact) mass is 306 g/mol. The summed E-state index contributed by atoms with van der Waals surface area (Å²) >= 11 is 0. The van der Waals surface area contributed by atoms with Crippen LogP contribution in [0.5, 0.6) is 17.2 Å². The number of hydrogen-bond acceptors (Lipinski definition) is 4. The summed E-state index contributed by atoms with van der Waals surface area (Å²) in [4.78, 5) is 11.8. The predicted molar refractivity (Wildman–Crippen MR) is 81.5 cm³/mol. The largest absolute Gasteiger partial charge is 0.492 e. The van der Waals surface area contributed by atoms with Crippen molar-refractivity contribution >= 4 is 6.03 Å². The average molecular weight is 306 g/mol. The Morgan fingerprint density at radius 3 is 2.86 bits per heavy atom. The van der Waals surface area contributed by atoms with E-state index in [9.17, 15) is 4.79 Å². The summed E-state index contributed by atoms with van der Waals surface area (Å²) in [7, 11) is 0. The molecule has 1 aromatic carbocycles. The van der Waals surface area contributed by atoms with Crippen molar-refractivity contribution in [1.82, 2.24) is 10.6 Å². The van der Waals surface area contributed by atoms with Gasteiger partial charge in [-0.3, -0.25) is 0 Å². The summed E-state index contributed by atoms with van der Waals surface area (Å²) in [6.45, 7) is 1.13. The summed E-state index contributed by atoms with van der Waals surface area (Å²) in [6, 6.07) is 5.66. The third-order valence-corrected chi connectivity index (χ3v) is 3.94. The number of carbonyl (C=O) groups is 1. The van der Waals surface area contributed by atoms with Gasteiger partial charge in [0.15, 0.2) is 11.5 Å². The molecule has 0 aromatic heterocycles. The minimum Gasteiger partial charge on any atom is -0.492 e. The van der Waals surface area contributed by atoms with Gasteiger partial charge < -0.3 is 24.8 Å². The van der Waals surface area contributed by atoms with Gasteiger partial charge in [0.2, 0.25) is 6.79 Å². The van der Waals surface area contributed by atoms with E-state index >= 15 is 0 Å². The Hall–Kier alpha value is -2.11. The first-order valence-electron chi connectivity index (χ1n) is 7.88. The van der Waals surface area contributed by atoms with Crippen molar-refractivity contribution in [1.29, 1.82) is 0 Å². The first-order chi connectivity index (χ1) is 10.8. The second-order valence-corrected chi connectivity index (χ2v) is 5.60. The van der Waals surface area contributed by atoms with Crippen LogP contribution >= 0.6 is 0 Å². The molecule has 1 aliphatic heterocycles. The Morgan fingerprint density at radius 2 is 2.00 bits per heavy atom. The first kappa shape index (κ1) is 14.8. The fourth-order valence-electron chi connectivity index (χ4n) is 2.78. The smallest absolute Gasteiger partial charge is 0.315 e. The fraction of sp³-hybridized carbons (Fsp3) is 0.562. The van der Waals surface area contributed by atoms with E-state index in [-0.39, 0.29) is 12.8 Å². The standard InChI is InChI=1S/C16H22N2O4/c19-16(18-12-4-2-1-3-5-12)17-8-9-20-13-6-7-14-15(10-13)22-11-21-14/h6-7,10,12H,1-5,8-9,11H2,(H2,17,18,19). The molecule has 0 saturated heterocycles. The van der Waals surface area contributed by atoms with Gasteiger partial charge in [0, 0.05) is 12.1 Å². The van der Waals surface area contributed by atoms with Crippen molar-refractivity contribution in [3.05, 3.63) is 18.2 Å². The molecular weight excluding hydrogens is 284 g/mol. The minimum absolute atomic E-state index is 0.110. The molecule has 1 saturated carbocycles. The molecule has 0 spiro atoms. The maximum atomic E-state index is 11.8. The van der Waals surface area contributed by atoms with E-state index in [1.807, 2.05) is 12.1 Å². The lowest BCUT2D eigenvalue weighted by Crippen LogP contribution is -2.44. The molecule has 120 valence electrons. The van der Waals surface area contributed by atoms with E-state index in [4.69, 9.17) is 14.2 Å². The number of ether oxygens (including phenoxy) is 3. The van der Waals surface area contributed by atoms with Crippen molar-refractivity contribution in [3.63, 3.8) is 0 Å². The second-order valence-electron chi connectivity index (χ2n) is 5.60. The first-order valence-corrected chi connectivity index (χ1v) is 7.88. The predicted octanol–water partition coefficient (Wildman–Crippen LogP) is 2.43. The lowest BCUT2D eigenvalue weighted by molar-refractivity contribution is 0.173. The summed E-state index contributed by atoms with van der Waals surface area (Å²) in [5.41, 5.74) is 0. The number of nitrogens with one attached hydrogen (secondary N) is 2. The zero-order valence-electron chi connectivity index (χ0n) is 12.6. The molecule has 3 rings (SSSR count). The lowest BCUT2D eigenvalue weighted by atomic mass is 9.96. The average Bonchev–Trinajstić information content (AvgIpc) is 3.00. The van der Waals surface area contributed by atoms with Crippen LogP contribution in [0.3, 0.4) is 0 Å². The van der Waals surface area contributed by atoms with Gasteiger partial charge in [0.1, 0.15) is 12.4 Å². The SMILES string of the molecule is O=C(NCCOc1ccc2c(c1)OCO2)NC1CCCCC1. The molecule has 1 aliphatic carbocycles. The molecule has 0 atom stereocenters. The van der Waals surface area contributed by atoms with Gasteiger partial charge in [0.05, 0.1) is 6.54 Å². The van der Waals surface area contributed by atoms with Gasteiger partial charge in [-0.1, -0.05) is 19.3 Å². The Balaban J connectivity index is 1.34. The van der Waals surface area contributed by atoms with Gasteiger partial charge in [0.25, 0.3) is 0 Å². The molecule has 2 N–H and O–H groups in total. The van der Waals surface area contributed by atoms with Crippen molar-refractivity contribution < 1.29 is 19.0 Å². The van der Waals surface area contributed by atoms with Gasteiger partial charge in [-0.15, -0.1) is 0 Å².